The lowest BCUT2D eigenvalue weighted by Crippen LogP contribution is -2.70. The third-order valence-corrected chi connectivity index (χ3v) is 12.8. The van der Waals surface area contributed by atoms with Crippen LogP contribution in [-0.2, 0) is 34.0 Å². The van der Waals surface area contributed by atoms with Gasteiger partial charge in [0.25, 0.3) is 0 Å². The smallest absolute Gasteiger partial charge is 0.412 e. The molecule has 0 aromatic heterocycles. The number of nitrogens with zero attached hydrogens (tertiary/aromatic N) is 2. The number of oxime groups is 1. The predicted molar refractivity (Wildman–Crippen MR) is 254 cm³/mol. The Bertz CT molecular complexity index is 2330. The number of carbonyl (C=O) groups excluding carboxylic acids is 2. The van der Waals surface area contributed by atoms with Crippen molar-refractivity contribution in [2.45, 2.75) is 88.8 Å². The Labute approximate surface area is 392 Å². The van der Waals surface area contributed by atoms with Crippen LogP contribution in [0.4, 0.5) is 14.0 Å². The fourth-order valence-corrected chi connectivity index (χ4v) is 9.78. The molecule has 12 nitrogen and oxygen atoms in total. The Morgan fingerprint density at radius 1 is 0.881 bits per heavy atom. The second-order valence-electron chi connectivity index (χ2n) is 17.2. The molecule has 1 aliphatic heterocycles. The number of amides is 2. The Morgan fingerprint density at radius 2 is 1.60 bits per heavy atom. The van der Waals surface area contributed by atoms with Crippen LogP contribution in [0.25, 0.3) is 0 Å². The van der Waals surface area contributed by atoms with Gasteiger partial charge in [0, 0.05) is 44.2 Å². The van der Waals surface area contributed by atoms with Crippen LogP contribution < -0.4 is 14.8 Å². The fraction of sp³-hybridized carbons (Fsp3) is 0.389. The van der Waals surface area contributed by atoms with Gasteiger partial charge in [-0.05, 0) is 96.5 Å². The van der Waals surface area contributed by atoms with Gasteiger partial charge in [0.2, 0.25) is 5.79 Å². The van der Waals surface area contributed by atoms with Crippen LogP contribution in [-0.4, -0.2) is 71.3 Å². The van der Waals surface area contributed by atoms with Gasteiger partial charge in [-0.3, -0.25) is 4.90 Å². The van der Waals surface area contributed by atoms with Crippen LogP contribution in [0.5, 0.6) is 11.5 Å². The minimum atomic E-state index is -1.59. The molecule has 4 aromatic carbocycles. The average Bonchev–Trinajstić information content (AvgIpc) is 3.34. The lowest BCUT2D eigenvalue weighted by molar-refractivity contribution is -0.256. The average molecular weight is 916 g/mol. The SMILES string of the molecule is C=CCCOC(=O)N(Cc1ccc(F)cc1)C1CC(=NOCc2ccccc2)C2=CC(CCCCO)C(CCCCO)C3c4cc(OC(=O)NCc5ccccc5)ccc4OC1(OCC=C)C23. The molecular formula is C54H62FN3O9. The molecule has 1 heterocycles. The lowest BCUT2D eigenvalue weighted by atomic mass is 9.55. The van der Waals surface area contributed by atoms with Crippen molar-refractivity contribution in [3.05, 3.63) is 168 Å². The Morgan fingerprint density at radius 3 is 2.30 bits per heavy atom. The molecule has 1 fully saturated rings. The first-order chi connectivity index (χ1) is 32.8. The van der Waals surface area contributed by atoms with Gasteiger partial charge < -0.3 is 39.3 Å². The summed E-state index contributed by atoms with van der Waals surface area (Å²) in [6.07, 6.45) is 9.00. The lowest BCUT2D eigenvalue weighted by Gasteiger charge is -2.59. The van der Waals surface area contributed by atoms with E-state index < -0.39 is 35.8 Å². The number of rotatable bonds is 23. The van der Waals surface area contributed by atoms with E-state index in [1.807, 2.05) is 66.7 Å². The first-order valence-electron chi connectivity index (χ1n) is 23.3. The summed E-state index contributed by atoms with van der Waals surface area (Å²) in [5.41, 5.74) is 4.71. The highest BCUT2D eigenvalue weighted by Crippen LogP contribution is 2.62. The molecule has 0 radical (unpaired) electrons. The summed E-state index contributed by atoms with van der Waals surface area (Å²) in [5, 5.41) is 27.7. The van der Waals surface area contributed by atoms with Crippen LogP contribution >= 0.6 is 0 Å². The van der Waals surface area contributed by atoms with Crippen molar-refractivity contribution in [3.63, 3.8) is 0 Å². The summed E-state index contributed by atoms with van der Waals surface area (Å²) in [4.78, 5) is 35.8. The quantitative estimate of drug-likeness (QED) is 0.0376. The van der Waals surface area contributed by atoms with Gasteiger partial charge >= 0.3 is 12.2 Å². The van der Waals surface area contributed by atoms with Crippen molar-refractivity contribution in [1.82, 2.24) is 10.2 Å². The summed E-state index contributed by atoms with van der Waals surface area (Å²) >= 11 is 0. The molecule has 3 N–H and O–H groups in total. The van der Waals surface area contributed by atoms with Gasteiger partial charge in [-0.15, -0.1) is 13.2 Å². The second kappa shape index (κ2) is 24.0. The zero-order valence-electron chi connectivity index (χ0n) is 38.0. The van der Waals surface area contributed by atoms with Crippen LogP contribution in [0, 0.1) is 23.6 Å². The molecule has 67 heavy (non-hydrogen) atoms. The first kappa shape index (κ1) is 48.6. The number of hydrogen-bond acceptors (Lipinski definition) is 10. The van der Waals surface area contributed by atoms with Crippen LogP contribution in [0.1, 0.15) is 79.5 Å². The maximum absolute atomic E-state index is 14.7. The second-order valence-corrected chi connectivity index (χ2v) is 17.2. The number of carbonyl (C=O) groups is 2. The zero-order valence-corrected chi connectivity index (χ0v) is 38.0. The van der Waals surface area contributed by atoms with Crippen molar-refractivity contribution < 1.29 is 48.0 Å². The molecule has 6 atom stereocenters. The fourth-order valence-electron chi connectivity index (χ4n) is 9.78. The molecule has 7 rings (SSSR count). The molecule has 0 bridgehead atoms. The van der Waals surface area contributed by atoms with Gasteiger partial charge in [-0.1, -0.05) is 109 Å². The van der Waals surface area contributed by atoms with E-state index in [1.54, 1.807) is 41.3 Å². The molecule has 0 spiro atoms. The van der Waals surface area contributed by atoms with Gasteiger partial charge in [0.05, 0.1) is 24.8 Å². The third-order valence-electron chi connectivity index (χ3n) is 12.8. The van der Waals surface area contributed by atoms with Crippen LogP contribution in [0.2, 0.25) is 0 Å². The van der Waals surface area contributed by atoms with E-state index in [2.05, 4.69) is 24.6 Å². The van der Waals surface area contributed by atoms with Gasteiger partial charge in [0.15, 0.2) is 0 Å². The summed E-state index contributed by atoms with van der Waals surface area (Å²) in [5.74, 6) is -2.33. The highest BCUT2D eigenvalue weighted by Gasteiger charge is 2.65. The van der Waals surface area contributed by atoms with Crippen molar-refractivity contribution in [2.75, 3.05) is 26.4 Å². The van der Waals surface area contributed by atoms with Gasteiger partial charge in [-0.25, -0.2) is 14.0 Å². The number of benzene rings is 4. The normalized spacial score (nSPS) is 22.0. The Kier molecular flexibility index (Phi) is 17.4. The van der Waals surface area contributed by atoms with Crippen molar-refractivity contribution in [3.8, 4) is 11.5 Å². The van der Waals surface area contributed by atoms with Crippen LogP contribution in [0.3, 0.4) is 0 Å². The Hall–Kier alpha value is -6.28. The first-order valence-corrected chi connectivity index (χ1v) is 23.3. The van der Waals surface area contributed by atoms with E-state index in [1.165, 1.54) is 12.1 Å². The van der Waals surface area contributed by atoms with Gasteiger partial charge in [-0.2, -0.15) is 0 Å². The predicted octanol–water partition coefficient (Wildman–Crippen LogP) is 10.2. The van der Waals surface area contributed by atoms with E-state index in [9.17, 15) is 24.2 Å². The molecule has 354 valence electrons. The zero-order chi connectivity index (χ0) is 47.0. The van der Waals surface area contributed by atoms with E-state index >= 15 is 0 Å². The minimum Gasteiger partial charge on any atom is -0.459 e. The third kappa shape index (κ3) is 12.0. The largest absolute Gasteiger partial charge is 0.459 e. The van der Waals surface area contributed by atoms with Crippen molar-refractivity contribution >= 4 is 17.9 Å². The molecule has 2 aliphatic carbocycles. The number of fused-ring (bicyclic) bond motifs is 2. The van der Waals surface area contributed by atoms with E-state index in [4.69, 9.17) is 28.9 Å². The number of hydrogen-bond donors (Lipinski definition) is 3. The highest BCUT2D eigenvalue weighted by atomic mass is 19.1. The summed E-state index contributed by atoms with van der Waals surface area (Å²) in [6, 6.07) is 29.7. The number of halogens is 1. The van der Waals surface area contributed by atoms with E-state index in [0.29, 0.717) is 48.5 Å². The number of nitrogens with one attached hydrogen (secondary N) is 1. The number of aliphatic hydroxyl groups is 2. The molecule has 1 saturated carbocycles. The van der Waals surface area contributed by atoms with E-state index in [-0.39, 0.29) is 70.3 Å². The van der Waals surface area contributed by atoms with E-state index in [0.717, 1.165) is 41.5 Å². The number of unbranched alkanes of at least 4 members (excludes halogenated alkanes) is 2. The summed E-state index contributed by atoms with van der Waals surface area (Å²) in [6.45, 7) is 8.50. The summed E-state index contributed by atoms with van der Waals surface area (Å²) < 4.78 is 40.7. The van der Waals surface area contributed by atoms with Crippen LogP contribution in [0.15, 0.2) is 145 Å². The summed E-state index contributed by atoms with van der Waals surface area (Å²) in [7, 11) is 0. The van der Waals surface area contributed by atoms with Gasteiger partial charge in [0.1, 0.15) is 30.0 Å². The maximum Gasteiger partial charge on any atom is 0.412 e. The van der Waals surface area contributed by atoms with Crippen molar-refractivity contribution in [1.29, 1.82) is 0 Å². The molecule has 2 amide bonds. The maximum atomic E-state index is 14.7. The highest BCUT2D eigenvalue weighted by molar-refractivity contribution is 6.03. The number of allylic oxidation sites excluding steroid dienone is 1. The molecular weight excluding hydrogens is 854 g/mol. The molecule has 13 heteroatoms. The molecule has 3 aliphatic rings. The molecule has 6 unspecified atom stereocenters. The molecule has 4 aromatic rings. The number of ether oxygens (including phenoxy) is 4. The minimum absolute atomic E-state index is 0.0104. The number of aliphatic hydroxyl groups excluding tert-OH is 2. The van der Waals surface area contributed by atoms with Crippen molar-refractivity contribution in [2.24, 2.45) is 22.9 Å². The standard InChI is InChI=1S/C54H62FN3O9/c1-3-5-31-63-53(62)58(36-39-22-24-42(55)25-23-39)49-34-47(57-65-37-40-18-10-7-11-19-40)45-32-41(20-12-14-28-59)44(21-13-15-29-60)50-46-33-43(66-52(61)56-35-38-16-8-6-9-17-38)26-27-48(46)67-54(49,51(45)50)64-30-4-2/h3-4,6-11,16-19,22-27,32-33,41,44,49-51,59-60H,1-2,5,12-15,20-21,28-31,34-37H2,(H,56,61). The topological polar surface area (TPSA) is 148 Å². The Balaban J connectivity index is 1.41. The molecule has 0 saturated heterocycles. The monoisotopic (exact) mass is 915 g/mol.